The quantitative estimate of drug-likeness (QED) is 0.830. The molecule has 1 aromatic heterocycles. The predicted octanol–water partition coefficient (Wildman–Crippen LogP) is 3.35. The molecule has 2 heterocycles. The lowest BCUT2D eigenvalue weighted by atomic mass is 10.1. The molecule has 0 spiro atoms. The van der Waals surface area contributed by atoms with Crippen molar-refractivity contribution in [3.05, 3.63) is 35.7 Å². The van der Waals surface area contributed by atoms with Gasteiger partial charge in [-0.3, -0.25) is 0 Å². The summed E-state index contributed by atoms with van der Waals surface area (Å²) in [5, 5.41) is 3.79. The van der Waals surface area contributed by atoms with Crippen molar-refractivity contribution in [2.75, 3.05) is 19.7 Å². The first-order valence-electron chi connectivity index (χ1n) is 8.32. The number of hydrogen-bond donors (Lipinski definition) is 0. The van der Waals surface area contributed by atoms with Gasteiger partial charge in [0.1, 0.15) is 11.7 Å². The average Bonchev–Trinajstić information content (AvgIpc) is 3.00. The van der Waals surface area contributed by atoms with E-state index in [0.29, 0.717) is 31.4 Å². The van der Waals surface area contributed by atoms with Crippen LogP contribution >= 0.6 is 0 Å². The molecule has 0 saturated carbocycles. The van der Waals surface area contributed by atoms with Gasteiger partial charge in [0.05, 0.1) is 13.2 Å². The van der Waals surface area contributed by atoms with Gasteiger partial charge in [-0.25, -0.2) is 4.79 Å². The summed E-state index contributed by atoms with van der Waals surface area (Å²) in [4.78, 5) is 18.2. The Kier molecular flexibility index (Phi) is 4.76. The number of hydrogen-bond acceptors (Lipinski definition) is 6. The lowest BCUT2D eigenvalue weighted by Crippen LogP contribution is -2.44. The Morgan fingerprint density at radius 2 is 2.00 bits per heavy atom. The Morgan fingerprint density at radius 3 is 2.60 bits per heavy atom. The molecule has 1 amide bonds. The molecule has 3 rings (SSSR count). The lowest BCUT2D eigenvalue weighted by molar-refractivity contribution is -0.0432. The van der Waals surface area contributed by atoms with E-state index < -0.39 is 5.60 Å². The van der Waals surface area contributed by atoms with Crippen LogP contribution in [0.3, 0.4) is 0 Å². The van der Waals surface area contributed by atoms with E-state index >= 15 is 0 Å². The van der Waals surface area contributed by atoms with Crippen molar-refractivity contribution in [3.63, 3.8) is 0 Å². The molecule has 2 aromatic rings. The van der Waals surface area contributed by atoms with Gasteiger partial charge < -0.3 is 18.9 Å². The van der Waals surface area contributed by atoms with Gasteiger partial charge in [0, 0.05) is 12.1 Å². The van der Waals surface area contributed by atoms with E-state index in [9.17, 15) is 4.79 Å². The van der Waals surface area contributed by atoms with Crippen LogP contribution in [0.5, 0.6) is 0 Å². The number of ether oxygens (including phenoxy) is 2. The van der Waals surface area contributed by atoms with Crippen molar-refractivity contribution in [1.82, 2.24) is 15.0 Å². The van der Waals surface area contributed by atoms with Gasteiger partial charge in [0.25, 0.3) is 5.89 Å². The summed E-state index contributed by atoms with van der Waals surface area (Å²) in [6.07, 6.45) is -0.488. The summed E-state index contributed by atoms with van der Waals surface area (Å²) in [6, 6.07) is 7.74. The summed E-state index contributed by atoms with van der Waals surface area (Å²) in [5.41, 5.74) is 1.34. The fourth-order valence-electron chi connectivity index (χ4n) is 2.60. The molecule has 1 aliphatic heterocycles. The van der Waals surface area contributed by atoms with Crippen molar-refractivity contribution < 1.29 is 18.8 Å². The second-order valence-electron chi connectivity index (χ2n) is 7.05. The van der Waals surface area contributed by atoms with Crippen LogP contribution in [0.2, 0.25) is 0 Å². The third-order valence-electron chi connectivity index (χ3n) is 3.78. The summed E-state index contributed by atoms with van der Waals surface area (Å²) in [7, 11) is 0. The molecule has 7 nitrogen and oxygen atoms in total. The summed E-state index contributed by atoms with van der Waals surface area (Å²) < 4.78 is 16.4. The minimum absolute atomic E-state index is 0.181. The van der Waals surface area contributed by atoms with Crippen LogP contribution in [-0.4, -0.2) is 46.4 Å². The number of aromatic nitrogens is 2. The molecule has 0 bridgehead atoms. The summed E-state index contributed by atoms with van der Waals surface area (Å²) in [6.45, 7) is 8.85. The minimum Gasteiger partial charge on any atom is -0.444 e. The zero-order valence-electron chi connectivity index (χ0n) is 15.0. The molecule has 1 saturated heterocycles. The minimum atomic E-state index is -0.505. The standard InChI is InChI=1S/C18H23N3O4/c1-12-19-16(25-20-12)14-7-5-13(6-8-14)15-11-21(9-10-23-15)17(22)24-18(2,3)4/h5-8,15H,9-11H2,1-4H3/t15-/m1/s1. The normalized spacial score (nSPS) is 18.2. The molecule has 25 heavy (non-hydrogen) atoms. The lowest BCUT2D eigenvalue weighted by Gasteiger charge is -2.34. The number of carbonyl (C=O) groups excluding carboxylic acids is 1. The Morgan fingerprint density at radius 1 is 1.28 bits per heavy atom. The van der Waals surface area contributed by atoms with E-state index in [2.05, 4.69) is 10.1 Å². The van der Waals surface area contributed by atoms with Crippen LogP contribution < -0.4 is 0 Å². The van der Waals surface area contributed by atoms with Gasteiger partial charge in [-0.15, -0.1) is 0 Å². The van der Waals surface area contributed by atoms with Crippen LogP contribution in [0.4, 0.5) is 4.79 Å². The van der Waals surface area contributed by atoms with Crippen LogP contribution in [0.1, 0.15) is 38.3 Å². The topological polar surface area (TPSA) is 77.7 Å². The van der Waals surface area contributed by atoms with Crippen molar-refractivity contribution in [1.29, 1.82) is 0 Å². The molecule has 0 unspecified atom stereocenters. The van der Waals surface area contributed by atoms with E-state index in [1.807, 2.05) is 45.0 Å². The van der Waals surface area contributed by atoms with Gasteiger partial charge in [-0.1, -0.05) is 17.3 Å². The molecule has 1 aromatic carbocycles. The van der Waals surface area contributed by atoms with Gasteiger partial charge in [0.15, 0.2) is 5.82 Å². The second-order valence-corrected chi connectivity index (χ2v) is 7.05. The number of morpholine rings is 1. The first-order valence-corrected chi connectivity index (χ1v) is 8.32. The fourth-order valence-corrected chi connectivity index (χ4v) is 2.60. The molecule has 1 aliphatic rings. The smallest absolute Gasteiger partial charge is 0.410 e. The molecule has 7 heteroatoms. The van der Waals surface area contributed by atoms with E-state index in [4.69, 9.17) is 14.0 Å². The van der Waals surface area contributed by atoms with Crippen molar-refractivity contribution in [3.8, 4) is 11.5 Å². The van der Waals surface area contributed by atoms with E-state index in [0.717, 1.165) is 11.1 Å². The SMILES string of the molecule is Cc1noc(-c2ccc([C@H]3CN(C(=O)OC(C)(C)C)CCO3)cc2)n1. The Balaban J connectivity index is 1.68. The van der Waals surface area contributed by atoms with E-state index in [-0.39, 0.29) is 12.2 Å². The molecule has 0 radical (unpaired) electrons. The summed E-state index contributed by atoms with van der Waals surface area (Å²) in [5.74, 6) is 1.09. The Bertz CT molecular complexity index is 734. The highest BCUT2D eigenvalue weighted by Crippen LogP contribution is 2.26. The van der Waals surface area contributed by atoms with Crippen molar-refractivity contribution in [2.45, 2.75) is 39.4 Å². The van der Waals surface area contributed by atoms with E-state index in [1.165, 1.54) is 0 Å². The zero-order chi connectivity index (χ0) is 18.0. The highest BCUT2D eigenvalue weighted by Gasteiger charge is 2.28. The molecular formula is C18H23N3O4. The molecular weight excluding hydrogens is 322 g/mol. The Labute approximate surface area is 146 Å². The maximum Gasteiger partial charge on any atom is 0.410 e. The average molecular weight is 345 g/mol. The number of amides is 1. The molecule has 0 N–H and O–H groups in total. The maximum absolute atomic E-state index is 12.3. The Hall–Kier alpha value is -2.41. The van der Waals surface area contributed by atoms with Crippen LogP contribution in [0.15, 0.2) is 28.8 Å². The van der Waals surface area contributed by atoms with Gasteiger partial charge in [-0.05, 0) is 45.4 Å². The van der Waals surface area contributed by atoms with Crippen molar-refractivity contribution >= 4 is 6.09 Å². The third-order valence-corrected chi connectivity index (χ3v) is 3.78. The second kappa shape index (κ2) is 6.84. The highest BCUT2D eigenvalue weighted by molar-refractivity contribution is 5.68. The number of aryl methyl sites for hydroxylation is 1. The molecule has 1 atom stereocenters. The van der Waals surface area contributed by atoms with Gasteiger partial charge >= 0.3 is 6.09 Å². The number of carbonyl (C=O) groups is 1. The number of rotatable bonds is 2. The molecule has 0 aliphatic carbocycles. The summed E-state index contributed by atoms with van der Waals surface area (Å²) >= 11 is 0. The molecule has 1 fully saturated rings. The van der Waals surface area contributed by atoms with Crippen LogP contribution in [0, 0.1) is 6.92 Å². The van der Waals surface area contributed by atoms with Crippen molar-refractivity contribution in [2.24, 2.45) is 0 Å². The van der Waals surface area contributed by atoms with Gasteiger partial charge in [-0.2, -0.15) is 4.98 Å². The number of benzene rings is 1. The monoisotopic (exact) mass is 345 g/mol. The maximum atomic E-state index is 12.3. The van der Waals surface area contributed by atoms with Crippen LogP contribution in [-0.2, 0) is 9.47 Å². The first-order chi connectivity index (χ1) is 11.8. The first kappa shape index (κ1) is 17.4. The zero-order valence-corrected chi connectivity index (χ0v) is 15.0. The van der Waals surface area contributed by atoms with Crippen LogP contribution in [0.25, 0.3) is 11.5 Å². The van der Waals surface area contributed by atoms with Gasteiger partial charge in [0.2, 0.25) is 0 Å². The predicted molar refractivity (Wildman–Crippen MR) is 91.0 cm³/mol. The fraction of sp³-hybridized carbons (Fsp3) is 0.500. The largest absolute Gasteiger partial charge is 0.444 e. The van der Waals surface area contributed by atoms with E-state index in [1.54, 1.807) is 11.8 Å². The molecule has 134 valence electrons. The highest BCUT2D eigenvalue weighted by atomic mass is 16.6. The number of nitrogens with zero attached hydrogens (tertiary/aromatic N) is 3. The third kappa shape index (κ3) is 4.36.